The van der Waals surface area contributed by atoms with Gasteiger partial charge in [0.05, 0.1) is 22.8 Å². The molecule has 112 valence electrons. The van der Waals surface area contributed by atoms with Crippen LogP contribution in [-0.2, 0) is 9.31 Å². The highest BCUT2D eigenvalue weighted by atomic mass is 127. The van der Waals surface area contributed by atoms with Gasteiger partial charge in [-0.15, -0.1) is 0 Å². The molecule has 0 aliphatic carbocycles. The summed E-state index contributed by atoms with van der Waals surface area (Å²) in [6.07, 6.45) is 0. The van der Waals surface area contributed by atoms with Gasteiger partial charge in [-0.2, -0.15) is 5.26 Å². The van der Waals surface area contributed by atoms with Crippen molar-refractivity contribution in [3.05, 3.63) is 25.8 Å². The summed E-state index contributed by atoms with van der Waals surface area (Å²) in [4.78, 5) is 0. The average Bonchev–Trinajstić information content (AvgIpc) is 2.59. The smallest absolute Gasteiger partial charge is 0.399 e. The summed E-state index contributed by atoms with van der Waals surface area (Å²) in [7, 11) is -0.488. The number of rotatable bonds is 1. The minimum Gasteiger partial charge on any atom is -0.399 e. The van der Waals surface area contributed by atoms with Crippen LogP contribution in [0, 0.1) is 35.7 Å². The van der Waals surface area contributed by atoms with E-state index >= 15 is 0 Å². The lowest BCUT2D eigenvalue weighted by atomic mass is 9.71. The van der Waals surface area contributed by atoms with E-state index in [0.717, 1.165) is 22.2 Å². The fraction of sp³-hybridized carbons (Fsp3) is 0.562. The van der Waals surface area contributed by atoms with Crippen molar-refractivity contribution in [2.45, 2.75) is 59.7 Å². The Kier molecular flexibility index (Phi) is 4.20. The van der Waals surface area contributed by atoms with Gasteiger partial charge in [0.25, 0.3) is 0 Å². The molecule has 0 amide bonds. The molecule has 0 saturated carbocycles. The Bertz CT molecular complexity index is 631. The van der Waals surface area contributed by atoms with Gasteiger partial charge in [-0.3, -0.25) is 0 Å². The highest BCUT2D eigenvalue weighted by Crippen LogP contribution is 2.37. The third kappa shape index (κ3) is 2.52. The van der Waals surface area contributed by atoms with Crippen molar-refractivity contribution >= 4 is 35.2 Å². The number of hydrogen-bond acceptors (Lipinski definition) is 3. The Morgan fingerprint density at radius 2 is 1.43 bits per heavy atom. The van der Waals surface area contributed by atoms with Crippen LogP contribution >= 0.6 is 22.6 Å². The number of hydrogen-bond donors (Lipinski definition) is 0. The zero-order valence-corrected chi connectivity index (χ0v) is 15.9. The van der Waals surface area contributed by atoms with Gasteiger partial charge in [0.1, 0.15) is 0 Å². The molecule has 0 atom stereocenters. The highest BCUT2D eigenvalue weighted by molar-refractivity contribution is 14.1. The van der Waals surface area contributed by atoms with E-state index in [0.29, 0.717) is 5.56 Å². The Hall–Kier alpha value is -0.575. The molecule has 0 N–H and O–H groups in total. The molecule has 3 nitrogen and oxygen atoms in total. The van der Waals surface area contributed by atoms with Crippen LogP contribution in [0.4, 0.5) is 0 Å². The largest absolute Gasteiger partial charge is 0.496 e. The topological polar surface area (TPSA) is 42.2 Å². The zero-order chi connectivity index (χ0) is 16.2. The quantitative estimate of drug-likeness (QED) is 0.539. The van der Waals surface area contributed by atoms with Crippen molar-refractivity contribution < 1.29 is 9.31 Å². The average molecular weight is 397 g/mol. The molecule has 1 heterocycles. The fourth-order valence-corrected chi connectivity index (χ4v) is 3.24. The molecular formula is C16H21BINO2. The first-order chi connectivity index (χ1) is 9.53. The van der Waals surface area contributed by atoms with E-state index in [-0.39, 0.29) is 0 Å². The number of benzene rings is 1. The molecule has 1 aliphatic heterocycles. The number of nitrogens with zero attached hydrogens (tertiary/aromatic N) is 1. The van der Waals surface area contributed by atoms with Crippen LogP contribution < -0.4 is 5.46 Å². The SMILES string of the molecule is Cc1c(C)c(C#N)c(B2OC(C)(C)C(C)(C)O2)c(C)c1I. The van der Waals surface area contributed by atoms with Gasteiger partial charge in [-0.1, -0.05) is 0 Å². The van der Waals surface area contributed by atoms with Crippen LogP contribution in [-0.4, -0.2) is 18.3 Å². The second-order valence-corrected chi connectivity index (χ2v) is 7.76. The molecule has 1 fully saturated rings. The molecule has 0 unspecified atom stereocenters. The Morgan fingerprint density at radius 3 is 1.86 bits per heavy atom. The maximum Gasteiger partial charge on any atom is 0.496 e. The van der Waals surface area contributed by atoms with Gasteiger partial charge >= 0.3 is 7.12 Å². The predicted molar refractivity (Wildman–Crippen MR) is 93.8 cm³/mol. The van der Waals surface area contributed by atoms with E-state index in [1.807, 2.05) is 41.5 Å². The normalized spacial score (nSPS) is 19.7. The molecule has 0 spiro atoms. The summed E-state index contributed by atoms with van der Waals surface area (Å²) in [5.74, 6) is 0. The standard InChI is InChI=1S/C16H21BINO2/c1-9-10(2)14(18)11(3)13(12(9)8-19)17-20-15(4,5)16(6,7)21-17/h1-7H3. The second-order valence-electron chi connectivity index (χ2n) is 6.68. The van der Waals surface area contributed by atoms with Gasteiger partial charge in [0.2, 0.25) is 0 Å². The summed E-state index contributed by atoms with van der Waals surface area (Å²) in [5.41, 5.74) is 4.01. The molecule has 0 radical (unpaired) electrons. The molecule has 2 rings (SSSR count). The van der Waals surface area contributed by atoms with Crippen molar-refractivity contribution in [2.24, 2.45) is 0 Å². The molecule has 1 aromatic rings. The van der Waals surface area contributed by atoms with Gasteiger partial charge < -0.3 is 9.31 Å². The van der Waals surface area contributed by atoms with Crippen molar-refractivity contribution in [3.63, 3.8) is 0 Å². The molecule has 21 heavy (non-hydrogen) atoms. The van der Waals surface area contributed by atoms with Crippen molar-refractivity contribution in [1.29, 1.82) is 5.26 Å². The van der Waals surface area contributed by atoms with Crippen molar-refractivity contribution in [3.8, 4) is 6.07 Å². The predicted octanol–water partition coefficient (Wildman–Crippen LogP) is 3.39. The molecule has 0 aromatic heterocycles. The summed E-state index contributed by atoms with van der Waals surface area (Å²) in [6.45, 7) is 14.2. The van der Waals surface area contributed by atoms with E-state index < -0.39 is 18.3 Å². The van der Waals surface area contributed by atoms with Gasteiger partial charge in [0.15, 0.2) is 0 Å². The minimum atomic E-state index is -0.488. The monoisotopic (exact) mass is 397 g/mol. The van der Waals surface area contributed by atoms with E-state index in [1.54, 1.807) is 0 Å². The van der Waals surface area contributed by atoms with Crippen LogP contribution in [0.15, 0.2) is 0 Å². The Morgan fingerprint density at radius 1 is 0.952 bits per heavy atom. The zero-order valence-electron chi connectivity index (χ0n) is 13.7. The highest BCUT2D eigenvalue weighted by Gasteiger charge is 2.53. The molecule has 0 bridgehead atoms. The van der Waals surface area contributed by atoms with E-state index in [1.165, 1.54) is 3.57 Å². The Balaban J connectivity index is 2.65. The maximum atomic E-state index is 9.60. The molecule has 1 saturated heterocycles. The third-order valence-electron chi connectivity index (χ3n) is 4.87. The van der Waals surface area contributed by atoms with Crippen molar-refractivity contribution in [1.82, 2.24) is 0 Å². The second kappa shape index (κ2) is 5.25. The number of halogens is 1. The lowest BCUT2D eigenvalue weighted by Crippen LogP contribution is -2.41. The number of nitriles is 1. The maximum absolute atomic E-state index is 9.60. The Labute approximate surface area is 141 Å². The van der Waals surface area contributed by atoms with Crippen LogP contribution in [0.25, 0.3) is 0 Å². The third-order valence-corrected chi connectivity index (χ3v) is 6.49. The van der Waals surface area contributed by atoms with Crippen LogP contribution in [0.5, 0.6) is 0 Å². The first-order valence-corrected chi connectivity index (χ1v) is 8.16. The lowest BCUT2D eigenvalue weighted by Gasteiger charge is -2.32. The van der Waals surface area contributed by atoms with E-state index in [9.17, 15) is 5.26 Å². The molecule has 1 aliphatic rings. The van der Waals surface area contributed by atoms with Crippen LogP contribution in [0.3, 0.4) is 0 Å². The van der Waals surface area contributed by atoms with Gasteiger partial charge in [0, 0.05) is 9.03 Å². The summed E-state index contributed by atoms with van der Waals surface area (Å²) >= 11 is 2.34. The summed E-state index contributed by atoms with van der Waals surface area (Å²) in [6, 6.07) is 2.34. The fourth-order valence-electron chi connectivity index (χ4n) is 2.54. The van der Waals surface area contributed by atoms with E-state index in [2.05, 4.69) is 35.6 Å². The van der Waals surface area contributed by atoms with Crippen molar-refractivity contribution in [2.75, 3.05) is 0 Å². The van der Waals surface area contributed by atoms with Crippen LogP contribution in [0.2, 0.25) is 0 Å². The minimum absolute atomic E-state index is 0.402. The summed E-state index contributed by atoms with van der Waals surface area (Å²) in [5, 5.41) is 9.60. The lowest BCUT2D eigenvalue weighted by molar-refractivity contribution is 0.00578. The molecule has 1 aromatic carbocycles. The molecule has 5 heteroatoms. The summed E-state index contributed by atoms with van der Waals surface area (Å²) < 4.78 is 13.5. The van der Waals surface area contributed by atoms with E-state index in [4.69, 9.17) is 9.31 Å². The first-order valence-electron chi connectivity index (χ1n) is 7.08. The first kappa shape index (κ1) is 16.8. The van der Waals surface area contributed by atoms with Crippen LogP contribution in [0.1, 0.15) is 49.9 Å². The van der Waals surface area contributed by atoms with Gasteiger partial charge in [-0.05, 0) is 87.7 Å². The van der Waals surface area contributed by atoms with Gasteiger partial charge in [-0.25, -0.2) is 0 Å². The molecular weight excluding hydrogens is 376 g/mol.